The first-order valence-corrected chi connectivity index (χ1v) is 12.2. The number of benzene rings is 3. The first-order chi connectivity index (χ1) is 15.3. The number of fused-ring (bicyclic) bond motifs is 1. The number of carbonyl (C=O) groups is 1. The summed E-state index contributed by atoms with van der Waals surface area (Å²) in [6.07, 6.45) is 1.41. The molecular formula is C24H28N2O5S. The van der Waals surface area contributed by atoms with Crippen LogP contribution in [-0.2, 0) is 14.8 Å². The highest BCUT2D eigenvalue weighted by Gasteiger charge is 2.31. The predicted octanol–water partition coefficient (Wildman–Crippen LogP) is 3.59. The second-order valence-corrected chi connectivity index (χ2v) is 9.16. The van der Waals surface area contributed by atoms with Gasteiger partial charge in [-0.15, -0.1) is 0 Å². The number of methoxy groups -OCH3 is 1. The van der Waals surface area contributed by atoms with Gasteiger partial charge in [0.2, 0.25) is 15.9 Å². The van der Waals surface area contributed by atoms with Crippen molar-refractivity contribution in [2.75, 3.05) is 30.8 Å². The van der Waals surface area contributed by atoms with E-state index in [-0.39, 0.29) is 19.1 Å². The SMILES string of the molecule is CC[C@H](C(=O)NCCOc1cccc2ccccc12)N(c1ccc(OC)cc1)S(C)(=O)=O. The number of nitrogens with one attached hydrogen (secondary N) is 1. The molecular weight excluding hydrogens is 428 g/mol. The molecule has 0 unspecified atom stereocenters. The van der Waals surface area contributed by atoms with E-state index >= 15 is 0 Å². The number of rotatable bonds is 10. The molecule has 32 heavy (non-hydrogen) atoms. The Bertz CT molecular complexity index is 1160. The van der Waals surface area contributed by atoms with E-state index in [0.717, 1.165) is 27.1 Å². The van der Waals surface area contributed by atoms with Gasteiger partial charge in [-0.05, 0) is 42.1 Å². The number of ether oxygens (including phenoxy) is 2. The molecule has 3 aromatic rings. The van der Waals surface area contributed by atoms with Gasteiger partial charge in [0.15, 0.2) is 0 Å². The second kappa shape index (κ2) is 10.4. The van der Waals surface area contributed by atoms with Gasteiger partial charge >= 0.3 is 0 Å². The zero-order valence-corrected chi connectivity index (χ0v) is 19.3. The molecule has 0 saturated heterocycles. The fourth-order valence-electron chi connectivity index (χ4n) is 3.56. The van der Waals surface area contributed by atoms with Crippen LogP contribution in [0.1, 0.15) is 13.3 Å². The monoisotopic (exact) mass is 456 g/mol. The van der Waals surface area contributed by atoms with Crippen molar-refractivity contribution in [3.8, 4) is 11.5 Å². The summed E-state index contributed by atoms with van der Waals surface area (Å²) in [5.74, 6) is 0.959. The van der Waals surface area contributed by atoms with Crippen LogP contribution >= 0.6 is 0 Å². The van der Waals surface area contributed by atoms with Gasteiger partial charge in [0.25, 0.3) is 0 Å². The Hall–Kier alpha value is -3.26. The molecule has 0 radical (unpaired) electrons. The summed E-state index contributed by atoms with van der Waals surface area (Å²) in [5.41, 5.74) is 0.405. The molecule has 0 aromatic heterocycles. The maximum atomic E-state index is 12.9. The zero-order chi connectivity index (χ0) is 23.1. The summed E-state index contributed by atoms with van der Waals surface area (Å²) in [4.78, 5) is 12.9. The van der Waals surface area contributed by atoms with Gasteiger partial charge in [0.05, 0.1) is 25.6 Å². The van der Waals surface area contributed by atoms with Crippen LogP contribution in [-0.4, -0.2) is 46.9 Å². The standard InChI is InChI=1S/C24H28N2O5S/c1-4-22(26(32(3,28)29)19-12-14-20(30-2)15-13-19)24(27)25-16-17-31-23-11-7-9-18-8-5-6-10-21(18)23/h5-15,22H,4,16-17H2,1-3H3,(H,25,27)/t22-/m1/s1. The summed E-state index contributed by atoms with van der Waals surface area (Å²) in [6, 6.07) is 19.4. The second-order valence-electron chi connectivity index (χ2n) is 7.30. The molecule has 0 saturated carbocycles. The maximum absolute atomic E-state index is 12.9. The molecule has 8 heteroatoms. The highest BCUT2D eigenvalue weighted by molar-refractivity contribution is 7.92. The summed E-state index contributed by atoms with van der Waals surface area (Å²) >= 11 is 0. The molecule has 170 valence electrons. The summed E-state index contributed by atoms with van der Waals surface area (Å²) < 4.78 is 37.2. The smallest absolute Gasteiger partial charge is 0.244 e. The molecule has 0 spiro atoms. The first kappa shape index (κ1) is 23.4. The summed E-state index contributed by atoms with van der Waals surface area (Å²) in [7, 11) is -2.16. The van der Waals surface area contributed by atoms with Crippen molar-refractivity contribution in [3.05, 3.63) is 66.7 Å². The van der Waals surface area contributed by atoms with Crippen LogP contribution in [0, 0.1) is 0 Å². The first-order valence-electron chi connectivity index (χ1n) is 10.4. The predicted molar refractivity (Wildman–Crippen MR) is 127 cm³/mol. The minimum Gasteiger partial charge on any atom is -0.497 e. The number of hydrogen-bond acceptors (Lipinski definition) is 5. The Morgan fingerprint density at radius 1 is 1.03 bits per heavy atom. The molecule has 1 atom stereocenters. The van der Waals surface area contributed by atoms with Crippen LogP contribution in [0.2, 0.25) is 0 Å². The van der Waals surface area contributed by atoms with Crippen molar-refractivity contribution >= 4 is 32.4 Å². The number of amides is 1. The van der Waals surface area contributed by atoms with Crippen LogP contribution in [0.15, 0.2) is 66.7 Å². The molecule has 7 nitrogen and oxygen atoms in total. The zero-order valence-electron chi connectivity index (χ0n) is 18.4. The van der Waals surface area contributed by atoms with Crippen LogP contribution in [0.3, 0.4) is 0 Å². The minimum atomic E-state index is -3.69. The average molecular weight is 457 g/mol. The van der Waals surface area contributed by atoms with Gasteiger partial charge < -0.3 is 14.8 Å². The molecule has 1 amide bonds. The molecule has 0 heterocycles. The fourth-order valence-corrected chi connectivity index (χ4v) is 4.78. The third kappa shape index (κ3) is 5.50. The van der Waals surface area contributed by atoms with E-state index in [0.29, 0.717) is 17.9 Å². The maximum Gasteiger partial charge on any atom is 0.244 e. The van der Waals surface area contributed by atoms with E-state index in [9.17, 15) is 13.2 Å². The van der Waals surface area contributed by atoms with E-state index in [1.54, 1.807) is 31.2 Å². The van der Waals surface area contributed by atoms with Gasteiger partial charge in [-0.3, -0.25) is 9.10 Å². The fraction of sp³-hybridized carbons (Fsp3) is 0.292. The molecule has 0 aliphatic rings. The lowest BCUT2D eigenvalue weighted by Gasteiger charge is -2.30. The van der Waals surface area contributed by atoms with Crippen molar-refractivity contribution in [2.45, 2.75) is 19.4 Å². The molecule has 0 aliphatic carbocycles. The minimum absolute atomic E-state index is 0.249. The van der Waals surface area contributed by atoms with Crippen LogP contribution < -0.4 is 19.1 Å². The number of carbonyl (C=O) groups excluding carboxylic acids is 1. The molecule has 0 aliphatic heterocycles. The third-order valence-corrected chi connectivity index (χ3v) is 6.25. The topological polar surface area (TPSA) is 84.9 Å². The van der Waals surface area contributed by atoms with Crippen LogP contribution in [0.25, 0.3) is 10.8 Å². The Labute approximate surface area is 189 Å². The Kier molecular flexibility index (Phi) is 7.58. The number of anilines is 1. The molecule has 3 aromatic carbocycles. The Balaban J connectivity index is 1.67. The summed E-state index contributed by atoms with van der Waals surface area (Å²) in [5, 5.41) is 4.87. The Morgan fingerprint density at radius 3 is 2.38 bits per heavy atom. The molecule has 3 rings (SSSR count). The van der Waals surface area contributed by atoms with Crippen LogP contribution in [0.5, 0.6) is 11.5 Å². The van der Waals surface area contributed by atoms with E-state index < -0.39 is 16.1 Å². The lowest BCUT2D eigenvalue weighted by Crippen LogP contribution is -2.50. The quantitative estimate of drug-likeness (QED) is 0.471. The molecule has 0 bridgehead atoms. The third-order valence-electron chi connectivity index (χ3n) is 5.07. The van der Waals surface area contributed by atoms with Gasteiger partial charge in [-0.2, -0.15) is 0 Å². The van der Waals surface area contributed by atoms with E-state index in [1.807, 2.05) is 42.5 Å². The van der Waals surface area contributed by atoms with Gasteiger partial charge in [0.1, 0.15) is 24.1 Å². The van der Waals surface area contributed by atoms with Gasteiger partial charge in [0, 0.05) is 5.39 Å². The number of hydrogen-bond donors (Lipinski definition) is 1. The number of sulfonamides is 1. The molecule has 1 N–H and O–H groups in total. The van der Waals surface area contributed by atoms with Gasteiger partial charge in [-0.1, -0.05) is 43.3 Å². The van der Waals surface area contributed by atoms with Crippen molar-refractivity contribution in [3.63, 3.8) is 0 Å². The lowest BCUT2D eigenvalue weighted by molar-refractivity contribution is -0.122. The highest BCUT2D eigenvalue weighted by atomic mass is 32.2. The lowest BCUT2D eigenvalue weighted by atomic mass is 10.1. The largest absolute Gasteiger partial charge is 0.497 e. The van der Waals surface area contributed by atoms with E-state index in [1.165, 1.54) is 7.11 Å². The normalized spacial score (nSPS) is 12.2. The van der Waals surface area contributed by atoms with Crippen molar-refractivity contribution in [1.29, 1.82) is 0 Å². The van der Waals surface area contributed by atoms with Crippen molar-refractivity contribution in [2.24, 2.45) is 0 Å². The van der Waals surface area contributed by atoms with E-state index in [2.05, 4.69) is 5.32 Å². The van der Waals surface area contributed by atoms with Crippen molar-refractivity contribution < 1.29 is 22.7 Å². The average Bonchev–Trinajstić information content (AvgIpc) is 2.79. The van der Waals surface area contributed by atoms with E-state index in [4.69, 9.17) is 9.47 Å². The van der Waals surface area contributed by atoms with Gasteiger partial charge in [-0.25, -0.2) is 8.42 Å². The number of nitrogens with zero attached hydrogens (tertiary/aromatic N) is 1. The summed E-state index contributed by atoms with van der Waals surface area (Å²) in [6.45, 7) is 2.29. The van der Waals surface area contributed by atoms with Crippen molar-refractivity contribution in [1.82, 2.24) is 5.32 Å². The van der Waals surface area contributed by atoms with Crippen LogP contribution in [0.4, 0.5) is 5.69 Å². The highest BCUT2D eigenvalue weighted by Crippen LogP contribution is 2.26. The molecule has 0 fully saturated rings. The Morgan fingerprint density at radius 2 is 1.72 bits per heavy atom.